The normalized spacial score (nSPS) is 19.1. The molecule has 0 saturated carbocycles. The van der Waals surface area contributed by atoms with E-state index in [0.717, 1.165) is 12.1 Å². The van der Waals surface area contributed by atoms with Crippen LogP contribution in [0.2, 0.25) is 0 Å². The Balaban J connectivity index is 1.93. The van der Waals surface area contributed by atoms with Gasteiger partial charge in [0.05, 0.1) is 5.92 Å². The van der Waals surface area contributed by atoms with E-state index in [9.17, 15) is 4.79 Å². The molecule has 1 atom stereocenters. The average Bonchev–Trinajstić information content (AvgIpc) is 2.41. The molecule has 0 amide bonds. The van der Waals surface area contributed by atoms with Crippen molar-refractivity contribution in [3.8, 4) is 0 Å². The third-order valence-corrected chi connectivity index (χ3v) is 4.21. The van der Waals surface area contributed by atoms with Crippen molar-refractivity contribution < 1.29 is 9.90 Å². The molecule has 1 unspecified atom stereocenters. The minimum atomic E-state index is -0.762. The summed E-state index contributed by atoms with van der Waals surface area (Å²) in [4.78, 5) is 13.5. The first-order chi connectivity index (χ1) is 9.66. The molecule has 0 aromatic heterocycles. The summed E-state index contributed by atoms with van der Waals surface area (Å²) >= 11 is 0. The molecule has 0 bridgehead atoms. The highest BCUT2D eigenvalue weighted by Gasteiger charge is 2.13. The average molecular weight is 275 g/mol. The van der Waals surface area contributed by atoms with Gasteiger partial charge in [-0.25, -0.2) is 0 Å². The van der Waals surface area contributed by atoms with Crippen LogP contribution in [0.5, 0.6) is 0 Å². The summed E-state index contributed by atoms with van der Waals surface area (Å²) in [6, 6.07) is 8.07. The van der Waals surface area contributed by atoms with Crippen LogP contribution in [0.4, 0.5) is 0 Å². The lowest BCUT2D eigenvalue weighted by atomic mass is 10.00. The van der Waals surface area contributed by atoms with Crippen LogP contribution in [-0.4, -0.2) is 29.1 Å². The number of carbonyl (C=O) groups is 1. The van der Waals surface area contributed by atoms with Gasteiger partial charge in [-0.1, -0.05) is 43.5 Å². The zero-order valence-corrected chi connectivity index (χ0v) is 12.3. The standard InChI is InChI=1S/C17H25NO2/c1-14(17(19)20)16-9-7-15(8-10-16)13-18-11-5-3-2-4-6-12-18/h7-10,14H,2-6,11-13H2,1H3,(H,19,20). The maximum Gasteiger partial charge on any atom is 0.310 e. The van der Waals surface area contributed by atoms with Gasteiger partial charge in [-0.2, -0.15) is 0 Å². The molecule has 110 valence electrons. The second kappa shape index (κ2) is 7.44. The lowest BCUT2D eigenvalue weighted by Gasteiger charge is -2.24. The molecule has 0 radical (unpaired) electrons. The lowest BCUT2D eigenvalue weighted by Crippen LogP contribution is -2.26. The first kappa shape index (κ1) is 15.0. The van der Waals surface area contributed by atoms with Crippen molar-refractivity contribution in [2.75, 3.05) is 13.1 Å². The number of carboxylic acids is 1. The second-order valence-electron chi connectivity index (χ2n) is 5.85. The Morgan fingerprint density at radius 1 is 1.10 bits per heavy atom. The highest BCUT2D eigenvalue weighted by molar-refractivity contribution is 5.75. The number of likely N-dealkylation sites (tertiary alicyclic amines) is 1. The van der Waals surface area contributed by atoms with Crippen LogP contribution >= 0.6 is 0 Å². The van der Waals surface area contributed by atoms with Gasteiger partial charge in [0.2, 0.25) is 0 Å². The summed E-state index contributed by atoms with van der Waals surface area (Å²) in [6.07, 6.45) is 6.69. The Kier molecular flexibility index (Phi) is 5.60. The number of hydrogen-bond donors (Lipinski definition) is 1. The molecule has 1 N–H and O–H groups in total. The van der Waals surface area contributed by atoms with Crippen molar-refractivity contribution in [2.24, 2.45) is 0 Å². The minimum Gasteiger partial charge on any atom is -0.481 e. The van der Waals surface area contributed by atoms with Gasteiger partial charge in [-0.05, 0) is 44.0 Å². The molecule has 3 heteroatoms. The van der Waals surface area contributed by atoms with E-state index in [1.807, 2.05) is 12.1 Å². The summed E-state index contributed by atoms with van der Waals surface area (Å²) in [5.41, 5.74) is 2.17. The zero-order chi connectivity index (χ0) is 14.4. The third-order valence-electron chi connectivity index (χ3n) is 4.21. The van der Waals surface area contributed by atoms with E-state index in [2.05, 4.69) is 17.0 Å². The van der Waals surface area contributed by atoms with Crippen molar-refractivity contribution in [2.45, 2.75) is 51.5 Å². The first-order valence-electron chi connectivity index (χ1n) is 7.71. The van der Waals surface area contributed by atoms with E-state index in [1.54, 1.807) is 6.92 Å². The van der Waals surface area contributed by atoms with Crippen LogP contribution in [0.15, 0.2) is 24.3 Å². The van der Waals surface area contributed by atoms with Crippen LogP contribution in [0.25, 0.3) is 0 Å². The molecule has 1 aromatic rings. The van der Waals surface area contributed by atoms with Crippen molar-refractivity contribution in [3.63, 3.8) is 0 Å². The second-order valence-corrected chi connectivity index (χ2v) is 5.85. The van der Waals surface area contributed by atoms with E-state index in [4.69, 9.17) is 5.11 Å². The van der Waals surface area contributed by atoms with Gasteiger partial charge in [-0.15, -0.1) is 0 Å². The number of carboxylic acid groups (broad SMARTS) is 1. The molecule has 2 rings (SSSR count). The van der Waals surface area contributed by atoms with Gasteiger partial charge in [-0.3, -0.25) is 9.69 Å². The van der Waals surface area contributed by atoms with Crippen LogP contribution in [0, 0.1) is 0 Å². The van der Waals surface area contributed by atoms with E-state index in [1.165, 1.54) is 50.8 Å². The molecule has 0 spiro atoms. The summed E-state index contributed by atoms with van der Waals surface area (Å²) in [5.74, 6) is -1.19. The fourth-order valence-corrected chi connectivity index (χ4v) is 2.78. The van der Waals surface area contributed by atoms with Gasteiger partial charge in [0.25, 0.3) is 0 Å². The van der Waals surface area contributed by atoms with Crippen molar-refractivity contribution in [3.05, 3.63) is 35.4 Å². The molecular formula is C17H25NO2. The van der Waals surface area contributed by atoms with Gasteiger partial charge in [0.1, 0.15) is 0 Å². The summed E-state index contributed by atoms with van der Waals surface area (Å²) < 4.78 is 0. The maximum absolute atomic E-state index is 11.0. The maximum atomic E-state index is 11.0. The van der Waals surface area contributed by atoms with Gasteiger partial charge in [0, 0.05) is 6.54 Å². The smallest absolute Gasteiger partial charge is 0.310 e. The van der Waals surface area contributed by atoms with E-state index >= 15 is 0 Å². The molecule has 1 fully saturated rings. The first-order valence-corrected chi connectivity index (χ1v) is 7.71. The van der Waals surface area contributed by atoms with Crippen molar-refractivity contribution >= 4 is 5.97 Å². The van der Waals surface area contributed by atoms with Crippen LogP contribution in [-0.2, 0) is 11.3 Å². The SMILES string of the molecule is CC(C(=O)O)c1ccc(CN2CCCCCCC2)cc1. The minimum absolute atomic E-state index is 0.425. The van der Waals surface area contributed by atoms with Crippen LogP contribution in [0.1, 0.15) is 56.1 Å². The predicted octanol–water partition coefficient (Wildman–Crippen LogP) is 3.64. The van der Waals surface area contributed by atoms with Crippen molar-refractivity contribution in [1.29, 1.82) is 0 Å². The molecule has 1 saturated heterocycles. The molecule has 20 heavy (non-hydrogen) atoms. The van der Waals surface area contributed by atoms with Crippen LogP contribution in [0.3, 0.4) is 0 Å². The summed E-state index contributed by atoms with van der Waals surface area (Å²) in [6.45, 7) is 5.10. The Labute approximate surface area is 121 Å². The van der Waals surface area contributed by atoms with Gasteiger partial charge < -0.3 is 5.11 Å². The quantitative estimate of drug-likeness (QED) is 0.912. The molecule has 1 aromatic carbocycles. The fraction of sp³-hybridized carbons (Fsp3) is 0.588. The van der Waals surface area contributed by atoms with E-state index in [0.29, 0.717) is 0 Å². The summed E-state index contributed by atoms with van der Waals surface area (Å²) in [5, 5.41) is 9.02. The number of rotatable bonds is 4. The highest BCUT2D eigenvalue weighted by Crippen LogP contribution is 2.18. The van der Waals surface area contributed by atoms with Crippen molar-refractivity contribution in [1.82, 2.24) is 4.90 Å². The Hall–Kier alpha value is -1.35. The topological polar surface area (TPSA) is 40.5 Å². The number of nitrogens with zero attached hydrogens (tertiary/aromatic N) is 1. The Morgan fingerprint density at radius 2 is 1.65 bits per heavy atom. The molecule has 1 aliphatic rings. The van der Waals surface area contributed by atoms with E-state index < -0.39 is 11.9 Å². The monoisotopic (exact) mass is 275 g/mol. The molecule has 3 nitrogen and oxygen atoms in total. The number of hydrogen-bond acceptors (Lipinski definition) is 2. The van der Waals surface area contributed by atoms with E-state index in [-0.39, 0.29) is 0 Å². The fourth-order valence-electron chi connectivity index (χ4n) is 2.78. The summed E-state index contributed by atoms with van der Waals surface area (Å²) in [7, 11) is 0. The Morgan fingerprint density at radius 3 is 2.20 bits per heavy atom. The molecule has 1 aliphatic heterocycles. The van der Waals surface area contributed by atoms with Gasteiger partial charge in [0.15, 0.2) is 0 Å². The zero-order valence-electron chi connectivity index (χ0n) is 12.3. The van der Waals surface area contributed by atoms with Gasteiger partial charge >= 0.3 is 5.97 Å². The molecule has 0 aliphatic carbocycles. The third kappa shape index (κ3) is 4.34. The predicted molar refractivity (Wildman–Crippen MR) is 80.9 cm³/mol. The van der Waals surface area contributed by atoms with Crippen LogP contribution < -0.4 is 0 Å². The largest absolute Gasteiger partial charge is 0.481 e. The lowest BCUT2D eigenvalue weighted by molar-refractivity contribution is -0.138. The molecule has 1 heterocycles. The molecular weight excluding hydrogens is 250 g/mol. The Bertz CT molecular complexity index is 419. The highest BCUT2D eigenvalue weighted by atomic mass is 16.4. The number of aliphatic carboxylic acids is 1. The number of benzene rings is 1.